The van der Waals surface area contributed by atoms with Gasteiger partial charge < -0.3 is 11.1 Å². The molecule has 4 nitrogen and oxygen atoms in total. The second-order valence-electron chi connectivity index (χ2n) is 1.78. The number of hydrogen-bond donors (Lipinski definition) is 2. The fourth-order valence-corrected chi connectivity index (χ4v) is 0.299. The minimum Gasteiger partial charge on any atom is -0.352 e. The summed E-state index contributed by atoms with van der Waals surface area (Å²) in [5.41, 5.74) is 4.74. The smallest absolute Gasteiger partial charge is 0.312 e. The number of carbonyl (C=O) groups is 1. The largest absolute Gasteiger partial charge is 0.352 e. The third kappa shape index (κ3) is 4.62. The number of hydrogen-bond acceptors (Lipinski definition) is 2. The summed E-state index contributed by atoms with van der Waals surface area (Å²) in [6.07, 6.45) is 0. The number of nitrogens with two attached hydrogens (primary N) is 1. The molecule has 0 heterocycles. The molecule has 0 aromatic carbocycles. The predicted octanol–water partition coefficient (Wildman–Crippen LogP) is -0.186. The summed E-state index contributed by atoms with van der Waals surface area (Å²) in [5, 5.41) is 10.5. The van der Waals surface area contributed by atoms with Crippen LogP contribution in [0.2, 0.25) is 0 Å². The highest BCUT2D eigenvalue weighted by molar-refractivity contribution is 5.71. The molecule has 9 heavy (non-hydrogen) atoms. The van der Waals surface area contributed by atoms with Gasteiger partial charge in [-0.3, -0.25) is 0 Å². The van der Waals surface area contributed by atoms with Crippen LogP contribution in [0.5, 0.6) is 0 Å². The second kappa shape index (κ2) is 3.72. The standard InChI is InChI=1S/C5H9N3O/c1-4(2-6)3-8-5(7)9/h4H,3H2,1H3,(H3,7,8,9). The molecule has 0 saturated carbocycles. The van der Waals surface area contributed by atoms with Crippen molar-refractivity contribution in [2.24, 2.45) is 11.7 Å². The minimum absolute atomic E-state index is 0.169. The molecule has 50 valence electrons. The van der Waals surface area contributed by atoms with Crippen molar-refractivity contribution in [2.75, 3.05) is 6.54 Å². The molecule has 4 heteroatoms. The summed E-state index contributed by atoms with van der Waals surface area (Å²) in [6, 6.07) is 1.36. The van der Waals surface area contributed by atoms with E-state index in [9.17, 15) is 4.79 Å². The van der Waals surface area contributed by atoms with Crippen LogP contribution in [-0.2, 0) is 0 Å². The van der Waals surface area contributed by atoms with E-state index in [0.29, 0.717) is 6.54 Å². The highest BCUT2D eigenvalue weighted by atomic mass is 16.2. The summed E-state index contributed by atoms with van der Waals surface area (Å²) >= 11 is 0. The van der Waals surface area contributed by atoms with E-state index in [4.69, 9.17) is 11.0 Å². The van der Waals surface area contributed by atoms with Gasteiger partial charge in [0.15, 0.2) is 0 Å². The number of nitriles is 1. The first-order valence-electron chi connectivity index (χ1n) is 2.59. The molecular weight excluding hydrogens is 118 g/mol. The molecule has 0 radical (unpaired) electrons. The Balaban J connectivity index is 3.30. The van der Waals surface area contributed by atoms with Gasteiger partial charge in [0.1, 0.15) is 0 Å². The normalized spacial score (nSPS) is 11.6. The van der Waals surface area contributed by atoms with Crippen LogP contribution in [-0.4, -0.2) is 12.6 Å². The van der Waals surface area contributed by atoms with Crippen molar-refractivity contribution in [1.29, 1.82) is 5.26 Å². The van der Waals surface area contributed by atoms with Crippen molar-refractivity contribution in [1.82, 2.24) is 5.32 Å². The summed E-state index contributed by atoms with van der Waals surface area (Å²) in [6.45, 7) is 2.03. The van der Waals surface area contributed by atoms with Crippen molar-refractivity contribution in [3.63, 3.8) is 0 Å². The number of nitrogens with zero attached hydrogens (tertiary/aromatic N) is 1. The third-order valence-corrected chi connectivity index (χ3v) is 0.803. The first-order valence-corrected chi connectivity index (χ1v) is 2.59. The van der Waals surface area contributed by atoms with E-state index < -0.39 is 6.03 Å². The molecule has 1 unspecified atom stereocenters. The maximum atomic E-state index is 10.0. The van der Waals surface area contributed by atoms with Gasteiger partial charge in [-0.25, -0.2) is 4.79 Å². The Labute approximate surface area is 53.6 Å². The fourth-order valence-electron chi connectivity index (χ4n) is 0.299. The lowest BCUT2D eigenvalue weighted by Gasteiger charge is -2.00. The molecular formula is C5H9N3O. The van der Waals surface area contributed by atoms with Crippen molar-refractivity contribution in [3.05, 3.63) is 0 Å². The van der Waals surface area contributed by atoms with E-state index in [1.807, 2.05) is 6.07 Å². The van der Waals surface area contributed by atoms with Crippen molar-refractivity contribution in [2.45, 2.75) is 6.92 Å². The molecule has 0 aromatic heterocycles. The predicted molar refractivity (Wildman–Crippen MR) is 32.4 cm³/mol. The highest BCUT2D eigenvalue weighted by Crippen LogP contribution is 1.85. The number of amides is 2. The molecule has 0 saturated heterocycles. The SMILES string of the molecule is CC(C#N)CNC(N)=O. The number of nitrogens with one attached hydrogen (secondary N) is 1. The van der Waals surface area contributed by atoms with Gasteiger partial charge in [-0.1, -0.05) is 0 Å². The zero-order valence-corrected chi connectivity index (χ0v) is 5.22. The van der Waals surface area contributed by atoms with Crippen LogP contribution in [0.3, 0.4) is 0 Å². The fraction of sp³-hybridized carbons (Fsp3) is 0.600. The molecule has 0 aromatic rings. The zero-order chi connectivity index (χ0) is 7.28. The van der Waals surface area contributed by atoms with Crippen molar-refractivity contribution >= 4 is 6.03 Å². The minimum atomic E-state index is -0.586. The van der Waals surface area contributed by atoms with Gasteiger partial charge in [-0.15, -0.1) is 0 Å². The molecule has 0 fully saturated rings. The van der Waals surface area contributed by atoms with Gasteiger partial charge in [-0.2, -0.15) is 5.26 Å². The van der Waals surface area contributed by atoms with Crippen LogP contribution in [0.1, 0.15) is 6.92 Å². The van der Waals surface area contributed by atoms with Gasteiger partial charge in [0, 0.05) is 6.54 Å². The van der Waals surface area contributed by atoms with Crippen LogP contribution in [0.25, 0.3) is 0 Å². The van der Waals surface area contributed by atoms with Crippen LogP contribution < -0.4 is 11.1 Å². The van der Waals surface area contributed by atoms with E-state index in [1.165, 1.54) is 0 Å². The maximum Gasteiger partial charge on any atom is 0.312 e. The second-order valence-corrected chi connectivity index (χ2v) is 1.78. The van der Waals surface area contributed by atoms with Crippen LogP contribution >= 0.6 is 0 Å². The number of primary amides is 1. The Morgan fingerprint density at radius 3 is 2.89 bits per heavy atom. The van der Waals surface area contributed by atoms with E-state index in [2.05, 4.69) is 5.32 Å². The van der Waals surface area contributed by atoms with Gasteiger partial charge in [0.05, 0.1) is 12.0 Å². The molecule has 3 N–H and O–H groups in total. The maximum absolute atomic E-state index is 10.0. The van der Waals surface area contributed by atoms with Gasteiger partial charge in [0.25, 0.3) is 0 Å². The lowest BCUT2D eigenvalue weighted by atomic mass is 10.2. The lowest BCUT2D eigenvalue weighted by molar-refractivity contribution is 0.248. The summed E-state index contributed by atoms with van der Waals surface area (Å²) in [5.74, 6) is -0.169. The Kier molecular flexibility index (Phi) is 3.21. The lowest BCUT2D eigenvalue weighted by Crippen LogP contribution is -2.32. The van der Waals surface area contributed by atoms with Gasteiger partial charge in [0.2, 0.25) is 0 Å². The Bertz CT molecular complexity index is 138. The summed E-state index contributed by atoms with van der Waals surface area (Å²) in [7, 11) is 0. The van der Waals surface area contributed by atoms with Gasteiger partial charge in [-0.05, 0) is 6.92 Å². The Morgan fingerprint density at radius 2 is 2.56 bits per heavy atom. The van der Waals surface area contributed by atoms with E-state index >= 15 is 0 Å². The average molecular weight is 127 g/mol. The zero-order valence-electron chi connectivity index (χ0n) is 5.22. The van der Waals surface area contributed by atoms with Crippen LogP contribution in [0, 0.1) is 17.2 Å². The number of rotatable bonds is 2. The number of urea groups is 1. The third-order valence-electron chi connectivity index (χ3n) is 0.803. The first kappa shape index (κ1) is 7.76. The quantitative estimate of drug-likeness (QED) is 0.539. The summed E-state index contributed by atoms with van der Waals surface area (Å²) in [4.78, 5) is 10.0. The average Bonchev–Trinajstić information content (AvgIpc) is 1.83. The molecule has 0 aliphatic carbocycles. The van der Waals surface area contributed by atoms with E-state index in [1.54, 1.807) is 6.92 Å². The highest BCUT2D eigenvalue weighted by Gasteiger charge is 1.98. The Hall–Kier alpha value is -1.24. The first-order chi connectivity index (χ1) is 4.16. The van der Waals surface area contributed by atoms with Gasteiger partial charge >= 0.3 is 6.03 Å². The topological polar surface area (TPSA) is 78.9 Å². The van der Waals surface area contributed by atoms with Crippen LogP contribution in [0.4, 0.5) is 4.79 Å². The van der Waals surface area contributed by atoms with Crippen molar-refractivity contribution < 1.29 is 4.79 Å². The molecule has 1 atom stereocenters. The van der Waals surface area contributed by atoms with E-state index in [0.717, 1.165) is 0 Å². The molecule has 0 spiro atoms. The summed E-state index contributed by atoms with van der Waals surface area (Å²) < 4.78 is 0. The molecule has 0 aliphatic heterocycles. The van der Waals surface area contributed by atoms with Crippen molar-refractivity contribution in [3.8, 4) is 6.07 Å². The molecule has 0 bridgehead atoms. The monoisotopic (exact) mass is 127 g/mol. The molecule has 0 rings (SSSR count). The Morgan fingerprint density at radius 1 is 2.00 bits per heavy atom. The molecule has 0 aliphatic rings. The van der Waals surface area contributed by atoms with Crippen LogP contribution in [0.15, 0.2) is 0 Å². The van der Waals surface area contributed by atoms with E-state index in [-0.39, 0.29) is 5.92 Å². The number of carbonyl (C=O) groups excluding carboxylic acids is 1. The molecule has 2 amide bonds.